The van der Waals surface area contributed by atoms with Gasteiger partial charge in [-0.05, 0) is 17.7 Å². The Balaban J connectivity index is 1.41. The molecule has 4 heterocycles. The number of aliphatic hydroxyl groups excluding tert-OH is 3. The molecule has 4 aromatic rings. The predicted molar refractivity (Wildman–Crippen MR) is 108 cm³/mol. The molecule has 5 rings (SSSR count). The Bertz CT molecular complexity index is 1170. The van der Waals surface area contributed by atoms with E-state index in [-0.39, 0.29) is 6.61 Å². The third-order valence-electron chi connectivity index (χ3n) is 4.89. The van der Waals surface area contributed by atoms with Gasteiger partial charge in [0, 0.05) is 5.75 Å². The quantitative estimate of drug-likeness (QED) is 0.317. The van der Waals surface area contributed by atoms with Gasteiger partial charge in [0.2, 0.25) is 0 Å². The van der Waals surface area contributed by atoms with Gasteiger partial charge in [0.1, 0.15) is 35.2 Å². The Morgan fingerprint density at radius 2 is 2.03 bits per heavy atom. The summed E-state index contributed by atoms with van der Waals surface area (Å²) in [7, 11) is 0. The Kier molecular flexibility index (Phi) is 4.94. The molecule has 1 saturated heterocycles. The van der Waals surface area contributed by atoms with E-state index in [0.29, 0.717) is 21.9 Å². The van der Waals surface area contributed by atoms with Crippen molar-refractivity contribution < 1.29 is 20.1 Å². The summed E-state index contributed by atoms with van der Waals surface area (Å²) in [4.78, 5) is 17.3. The van der Waals surface area contributed by atoms with Crippen molar-refractivity contribution in [3.8, 4) is 0 Å². The van der Waals surface area contributed by atoms with Gasteiger partial charge >= 0.3 is 0 Å². The lowest BCUT2D eigenvalue weighted by atomic mass is 10.1. The monoisotopic (exact) mass is 431 g/mol. The van der Waals surface area contributed by atoms with Gasteiger partial charge in [-0.2, -0.15) is 0 Å². The van der Waals surface area contributed by atoms with E-state index in [9.17, 15) is 15.3 Å². The number of thiazole rings is 1. The van der Waals surface area contributed by atoms with Crippen LogP contribution in [0.4, 0.5) is 0 Å². The number of imidazole rings is 1. The molecule has 3 aromatic heterocycles. The molecule has 4 unspecified atom stereocenters. The molecular weight excluding hydrogens is 414 g/mol. The smallest absolute Gasteiger partial charge is 0.166 e. The fraction of sp³-hybridized carbons (Fsp3) is 0.333. The summed E-state index contributed by atoms with van der Waals surface area (Å²) >= 11 is 3.15. The summed E-state index contributed by atoms with van der Waals surface area (Å²) in [6, 6.07) is 6.18. The highest BCUT2D eigenvalue weighted by Gasteiger charge is 2.44. The van der Waals surface area contributed by atoms with E-state index < -0.39 is 24.5 Å². The molecule has 9 nitrogen and oxygen atoms in total. The number of aliphatic hydroxyl groups is 3. The molecule has 150 valence electrons. The van der Waals surface area contributed by atoms with Gasteiger partial charge in [-0.3, -0.25) is 4.57 Å². The molecule has 0 bridgehead atoms. The van der Waals surface area contributed by atoms with Crippen molar-refractivity contribution >= 4 is 44.5 Å². The maximum atomic E-state index is 10.3. The summed E-state index contributed by atoms with van der Waals surface area (Å²) < 4.78 is 8.30. The van der Waals surface area contributed by atoms with Crippen molar-refractivity contribution in [1.29, 1.82) is 0 Å². The summed E-state index contributed by atoms with van der Waals surface area (Å²) in [5.74, 6) is 0.709. The molecule has 0 radical (unpaired) electrons. The zero-order chi connectivity index (χ0) is 20.0. The average Bonchev–Trinajstić information content (AvgIpc) is 3.44. The maximum absolute atomic E-state index is 10.3. The van der Waals surface area contributed by atoms with Crippen LogP contribution in [-0.2, 0) is 10.5 Å². The van der Waals surface area contributed by atoms with E-state index in [4.69, 9.17) is 4.74 Å². The minimum absolute atomic E-state index is 0.387. The fourth-order valence-electron chi connectivity index (χ4n) is 3.37. The molecule has 3 N–H and O–H groups in total. The topological polar surface area (TPSA) is 126 Å². The molecule has 11 heteroatoms. The lowest BCUT2D eigenvalue weighted by molar-refractivity contribution is -0.0511. The van der Waals surface area contributed by atoms with E-state index in [0.717, 1.165) is 15.8 Å². The number of hydrogen-bond donors (Lipinski definition) is 3. The first-order chi connectivity index (χ1) is 14.2. The first-order valence-corrected chi connectivity index (χ1v) is 10.8. The second kappa shape index (κ2) is 7.59. The normalized spacial score (nSPS) is 24.7. The minimum Gasteiger partial charge on any atom is -0.394 e. The van der Waals surface area contributed by atoms with Crippen LogP contribution in [0.15, 0.2) is 41.4 Å². The maximum Gasteiger partial charge on any atom is 0.166 e. The minimum atomic E-state index is -1.19. The summed E-state index contributed by atoms with van der Waals surface area (Å²) in [5.41, 5.74) is 5.07. The molecule has 0 spiro atoms. The first-order valence-electron chi connectivity index (χ1n) is 8.90. The predicted octanol–water partition coefficient (Wildman–Crippen LogP) is 1.34. The van der Waals surface area contributed by atoms with Gasteiger partial charge in [-0.15, -0.1) is 11.3 Å². The highest BCUT2D eigenvalue weighted by molar-refractivity contribution is 7.98. The highest BCUT2D eigenvalue weighted by Crippen LogP contribution is 2.33. The van der Waals surface area contributed by atoms with Crippen molar-refractivity contribution in [3.63, 3.8) is 0 Å². The number of nitrogens with zero attached hydrogens (tertiary/aromatic N) is 5. The van der Waals surface area contributed by atoms with E-state index in [1.165, 1.54) is 12.7 Å². The van der Waals surface area contributed by atoms with Crippen LogP contribution in [0.25, 0.3) is 21.4 Å². The van der Waals surface area contributed by atoms with E-state index >= 15 is 0 Å². The van der Waals surface area contributed by atoms with Crippen LogP contribution in [0.2, 0.25) is 0 Å². The third kappa shape index (κ3) is 3.29. The Labute approximate surface area is 173 Å². The number of thioether (sulfide) groups is 1. The molecule has 29 heavy (non-hydrogen) atoms. The largest absolute Gasteiger partial charge is 0.394 e. The second-order valence-electron chi connectivity index (χ2n) is 6.67. The lowest BCUT2D eigenvalue weighted by Crippen LogP contribution is -2.33. The van der Waals surface area contributed by atoms with Gasteiger partial charge in [-0.25, -0.2) is 19.9 Å². The molecule has 0 amide bonds. The van der Waals surface area contributed by atoms with Crippen molar-refractivity contribution in [2.75, 3.05) is 6.61 Å². The van der Waals surface area contributed by atoms with Crippen molar-refractivity contribution in [1.82, 2.24) is 24.5 Å². The number of benzene rings is 1. The average molecular weight is 431 g/mol. The number of rotatable bonds is 5. The van der Waals surface area contributed by atoms with Crippen LogP contribution in [0.1, 0.15) is 11.8 Å². The number of aromatic nitrogens is 5. The summed E-state index contributed by atoms with van der Waals surface area (Å²) in [6.45, 7) is -0.387. The van der Waals surface area contributed by atoms with E-state index in [1.807, 2.05) is 17.6 Å². The Morgan fingerprint density at radius 1 is 1.14 bits per heavy atom. The van der Waals surface area contributed by atoms with Crippen molar-refractivity contribution in [2.45, 2.75) is 35.3 Å². The molecule has 0 aliphatic carbocycles. The van der Waals surface area contributed by atoms with E-state index in [1.54, 1.807) is 27.7 Å². The molecule has 1 aliphatic heterocycles. The van der Waals surface area contributed by atoms with Crippen LogP contribution >= 0.6 is 23.1 Å². The van der Waals surface area contributed by atoms with Gasteiger partial charge in [0.25, 0.3) is 0 Å². The van der Waals surface area contributed by atoms with Crippen LogP contribution in [0.5, 0.6) is 0 Å². The zero-order valence-electron chi connectivity index (χ0n) is 15.0. The number of hydrogen-bond acceptors (Lipinski definition) is 10. The second-order valence-corrected chi connectivity index (χ2v) is 8.53. The van der Waals surface area contributed by atoms with Gasteiger partial charge < -0.3 is 20.1 Å². The fourth-order valence-corrected chi connectivity index (χ4v) is 5.00. The standard InChI is InChI=1S/C18H17N5O4S2/c24-4-11-14(25)15(26)18(27-11)23-7-21-13-16(23)19-6-20-17(13)28-5-9-1-2-10-12(3-9)29-8-22-10/h1-3,6-8,11,14-15,18,24-26H,4-5H2. The van der Waals surface area contributed by atoms with Crippen molar-refractivity contribution in [3.05, 3.63) is 41.9 Å². The lowest BCUT2D eigenvalue weighted by Gasteiger charge is -2.16. The Hall–Kier alpha value is -2.15. The van der Waals surface area contributed by atoms with Crippen molar-refractivity contribution in [2.24, 2.45) is 0 Å². The van der Waals surface area contributed by atoms with E-state index in [2.05, 4.69) is 26.0 Å². The molecule has 1 aromatic carbocycles. The number of fused-ring (bicyclic) bond motifs is 2. The highest BCUT2D eigenvalue weighted by atomic mass is 32.2. The van der Waals surface area contributed by atoms with Gasteiger partial charge in [0.15, 0.2) is 11.9 Å². The van der Waals surface area contributed by atoms with Gasteiger partial charge in [0.05, 0.1) is 28.7 Å². The van der Waals surface area contributed by atoms with Crippen LogP contribution < -0.4 is 0 Å². The molecule has 1 fully saturated rings. The third-order valence-corrected chi connectivity index (χ3v) is 6.73. The molecular formula is C18H17N5O4S2. The molecule has 4 atom stereocenters. The summed E-state index contributed by atoms with van der Waals surface area (Å²) in [6.07, 6.45) is -1.16. The Morgan fingerprint density at radius 3 is 2.86 bits per heavy atom. The molecule has 0 saturated carbocycles. The number of ether oxygens (including phenoxy) is 1. The van der Waals surface area contributed by atoms with Crippen LogP contribution in [-0.4, -0.2) is 64.7 Å². The first kappa shape index (κ1) is 18.9. The molecule has 1 aliphatic rings. The van der Waals surface area contributed by atoms with Crippen LogP contribution in [0, 0.1) is 0 Å². The SMILES string of the molecule is OCC1OC(n2cnc3c(SCc4ccc5ncsc5c4)ncnc32)C(O)C1O. The summed E-state index contributed by atoms with van der Waals surface area (Å²) in [5, 5.41) is 30.3. The van der Waals surface area contributed by atoms with Gasteiger partial charge in [-0.1, -0.05) is 17.8 Å². The van der Waals surface area contributed by atoms with Crippen LogP contribution in [0.3, 0.4) is 0 Å². The zero-order valence-corrected chi connectivity index (χ0v) is 16.6.